The summed E-state index contributed by atoms with van der Waals surface area (Å²) in [6.07, 6.45) is -6.58. The molecule has 0 aliphatic rings. The van der Waals surface area contributed by atoms with Gasteiger partial charge in [-0.15, -0.1) is 0 Å². The molecule has 0 heterocycles. The van der Waals surface area contributed by atoms with E-state index in [4.69, 9.17) is 37.9 Å². The third-order valence-corrected chi connectivity index (χ3v) is 9.26. The molecular formula is C48H50O24. The van der Waals surface area contributed by atoms with Crippen LogP contribution in [0, 0.1) is 11.8 Å². The van der Waals surface area contributed by atoms with Crippen molar-refractivity contribution in [1.29, 1.82) is 0 Å². The largest absolute Gasteiger partial charge is 0.549 e. The van der Waals surface area contributed by atoms with E-state index in [-0.39, 0.29) is 35.1 Å². The highest BCUT2D eigenvalue weighted by Crippen LogP contribution is 2.24. The van der Waals surface area contributed by atoms with Gasteiger partial charge in [0, 0.05) is 11.8 Å². The zero-order valence-corrected chi connectivity index (χ0v) is 39.3. The van der Waals surface area contributed by atoms with E-state index in [0.29, 0.717) is 49.4 Å². The maximum atomic E-state index is 12.7. The molecule has 0 aromatic heterocycles. The summed E-state index contributed by atoms with van der Waals surface area (Å²) in [4.78, 5) is 137. The molecule has 0 N–H and O–H groups in total. The number of rotatable bonds is 23. The van der Waals surface area contributed by atoms with Gasteiger partial charge in [0.2, 0.25) is 0 Å². The van der Waals surface area contributed by atoms with Gasteiger partial charge in [0.25, 0.3) is 0 Å². The van der Waals surface area contributed by atoms with Gasteiger partial charge >= 0.3 is 48.5 Å². The molecule has 2 unspecified atom stereocenters. The molecule has 0 saturated carbocycles. The van der Waals surface area contributed by atoms with Crippen molar-refractivity contribution in [3.05, 3.63) is 119 Å². The van der Waals surface area contributed by atoms with Crippen LogP contribution in [0.25, 0.3) is 0 Å². The van der Waals surface area contributed by atoms with E-state index in [9.17, 15) is 38.4 Å². The van der Waals surface area contributed by atoms with Crippen LogP contribution in [-0.4, -0.2) is 101 Å². The minimum Gasteiger partial charge on any atom is -0.494 e. The number of carbonyl (C=O) groups is 8. The Morgan fingerprint density at radius 1 is 0.319 bits per heavy atom. The van der Waals surface area contributed by atoms with Crippen molar-refractivity contribution in [3.8, 4) is 23.0 Å². The molecule has 0 bridgehead atoms. The molecule has 24 heteroatoms. The van der Waals surface area contributed by atoms with E-state index < -0.39 is 86.8 Å². The van der Waals surface area contributed by atoms with Gasteiger partial charge in [-0.1, -0.05) is 0 Å². The second kappa shape index (κ2) is 30.5. The molecule has 72 heavy (non-hydrogen) atoms. The third kappa shape index (κ3) is 19.9. The third-order valence-electron chi connectivity index (χ3n) is 9.26. The number of carbonyl (C=O) groups excluding carboxylic acids is 8. The predicted octanol–water partition coefficient (Wildman–Crippen LogP) is 8.29. The van der Waals surface area contributed by atoms with Crippen molar-refractivity contribution in [2.45, 2.75) is 40.5 Å². The Labute approximate surface area is 410 Å². The van der Waals surface area contributed by atoms with Gasteiger partial charge in [0.05, 0.1) is 75.1 Å². The summed E-state index contributed by atoms with van der Waals surface area (Å²) in [5, 5.41) is 0. The fourth-order valence-electron chi connectivity index (χ4n) is 5.84. The topological polar surface area (TPSA) is 284 Å². The average Bonchev–Trinajstić information content (AvgIpc) is 3.39. The monoisotopic (exact) mass is 1010 g/mol. The maximum Gasteiger partial charge on any atom is 0.549 e. The van der Waals surface area contributed by atoms with E-state index in [2.05, 4.69) is 39.1 Å². The highest BCUT2D eigenvalue weighted by Gasteiger charge is 2.29. The van der Waals surface area contributed by atoms with Crippen LogP contribution in [0.5, 0.6) is 23.0 Å². The number of ether oxygens (including phenoxy) is 8. The fourth-order valence-corrected chi connectivity index (χ4v) is 5.84. The quantitative estimate of drug-likeness (QED) is 0.0292. The lowest BCUT2D eigenvalue weighted by Gasteiger charge is -2.25. The van der Waals surface area contributed by atoms with Crippen LogP contribution in [0.1, 0.15) is 82.0 Å². The molecule has 24 nitrogen and oxygen atoms in total. The molecule has 0 fully saturated rings. The summed E-state index contributed by atoms with van der Waals surface area (Å²) in [7, 11) is 0. The Kier molecular flexibility index (Phi) is 23.6. The molecule has 4 rings (SSSR count). The molecule has 386 valence electrons. The summed E-state index contributed by atoms with van der Waals surface area (Å²) in [6, 6.07) is 22.8. The summed E-state index contributed by atoms with van der Waals surface area (Å²) in [5.41, 5.74) is -0.0245. The molecule has 0 spiro atoms. The molecule has 0 radical (unpaired) electrons. The summed E-state index contributed by atoms with van der Waals surface area (Å²) in [6.45, 7) is 6.16. The standard InChI is InChI=1S/C48H50O24/c1-5-57-37-17-9-31(10-18-37)41(49)65-69-45(53)61-27-25-35(29-63-47(55)71-67-43(51)33-13-21-39(22-14-33)59-7-3)36(30-64-48(56)72-68-44(52)34-15-23-40(24-16-34)60-8-4)26-28-62-46(54)70-66-42(50)32-11-19-38(20-12-32)58-6-2/h9-24,35-36H,5-8,25-30H2,1-4H3. The van der Waals surface area contributed by atoms with Crippen LogP contribution in [0.15, 0.2) is 97.1 Å². The molecule has 0 aliphatic carbocycles. The van der Waals surface area contributed by atoms with E-state index in [1.54, 1.807) is 27.7 Å². The maximum absolute atomic E-state index is 12.7. The molecule has 0 amide bonds. The lowest BCUT2D eigenvalue weighted by atomic mass is 9.88. The van der Waals surface area contributed by atoms with Gasteiger partial charge in [0.15, 0.2) is 0 Å². The number of hydrogen-bond acceptors (Lipinski definition) is 24. The SMILES string of the molecule is CCOc1ccc(C(=O)OOC(=O)OCCC(COC(=O)OOC(=O)c2ccc(OCC)cc2)C(CCOC(=O)OOC(=O)c2ccc(OCC)cc2)COC(=O)OOC(=O)c2ccc(OCC)cc2)cc1. The van der Waals surface area contributed by atoms with Gasteiger partial charge in [0.1, 0.15) is 23.0 Å². The fraction of sp³-hybridized carbons (Fsp3) is 0.333. The first-order chi connectivity index (χ1) is 34.8. The minimum absolute atomic E-state index is 0.00436. The van der Waals surface area contributed by atoms with Gasteiger partial charge in [-0.25, -0.2) is 58.3 Å². The van der Waals surface area contributed by atoms with E-state index >= 15 is 0 Å². The van der Waals surface area contributed by atoms with E-state index in [0.717, 1.165) is 0 Å². The molecular weight excluding hydrogens is 961 g/mol. The first kappa shape index (κ1) is 55.6. The Morgan fingerprint density at radius 2 is 0.542 bits per heavy atom. The molecule has 0 aliphatic heterocycles. The molecule has 0 saturated heterocycles. The van der Waals surface area contributed by atoms with E-state index in [1.165, 1.54) is 97.1 Å². The van der Waals surface area contributed by atoms with Gasteiger partial charge in [-0.05, 0) is 138 Å². The molecule has 4 aromatic carbocycles. The van der Waals surface area contributed by atoms with Crippen LogP contribution < -0.4 is 18.9 Å². The van der Waals surface area contributed by atoms with Crippen LogP contribution >= 0.6 is 0 Å². The Morgan fingerprint density at radius 3 is 0.764 bits per heavy atom. The number of benzene rings is 4. The Bertz CT molecular complexity index is 2200. The van der Waals surface area contributed by atoms with Crippen molar-refractivity contribution < 1.29 is 115 Å². The summed E-state index contributed by atoms with van der Waals surface area (Å²) < 4.78 is 41.8. The van der Waals surface area contributed by atoms with Crippen molar-refractivity contribution in [3.63, 3.8) is 0 Å². The van der Waals surface area contributed by atoms with Gasteiger partial charge in [-0.2, -0.15) is 19.2 Å². The van der Waals surface area contributed by atoms with Gasteiger partial charge in [-0.3, -0.25) is 0 Å². The second-order valence-electron chi connectivity index (χ2n) is 14.1. The zero-order chi connectivity index (χ0) is 52.1. The van der Waals surface area contributed by atoms with Crippen molar-refractivity contribution in [1.82, 2.24) is 0 Å². The first-order valence-electron chi connectivity index (χ1n) is 22.0. The molecule has 2 atom stereocenters. The predicted molar refractivity (Wildman–Crippen MR) is 238 cm³/mol. The van der Waals surface area contributed by atoms with Crippen molar-refractivity contribution in [2.24, 2.45) is 11.8 Å². The Balaban J connectivity index is 1.43. The highest BCUT2D eigenvalue weighted by atomic mass is 17.3. The molecule has 4 aromatic rings. The number of hydrogen-bond donors (Lipinski definition) is 0. The Hall–Kier alpha value is -8.96. The summed E-state index contributed by atoms with van der Waals surface area (Å²) >= 11 is 0. The normalized spacial score (nSPS) is 11.1. The lowest BCUT2D eigenvalue weighted by Crippen LogP contribution is -2.30. The first-order valence-corrected chi connectivity index (χ1v) is 22.0. The van der Waals surface area contributed by atoms with Crippen LogP contribution in [0.3, 0.4) is 0 Å². The smallest absolute Gasteiger partial charge is 0.494 e. The van der Waals surface area contributed by atoms with Crippen molar-refractivity contribution >= 4 is 48.5 Å². The minimum atomic E-state index is -1.53. The average molecular weight is 1010 g/mol. The highest BCUT2D eigenvalue weighted by molar-refractivity contribution is 5.91. The summed E-state index contributed by atoms with van der Waals surface area (Å²) in [5.74, 6) is -4.51. The van der Waals surface area contributed by atoms with Gasteiger partial charge < -0.3 is 37.9 Å². The van der Waals surface area contributed by atoms with E-state index in [1.807, 2.05) is 0 Å². The lowest BCUT2D eigenvalue weighted by molar-refractivity contribution is -0.208. The van der Waals surface area contributed by atoms with Crippen LogP contribution in [-0.2, 0) is 58.0 Å². The second-order valence-corrected chi connectivity index (χ2v) is 14.1. The zero-order valence-electron chi connectivity index (χ0n) is 39.3. The van der Waals surface area contributed by atoms with Crippen LogP contribution in [0.4, 0.5) is 19.2 Å². The van der Waals surface area contributed by atoms with Crippen molar-refractivity contribution in [2.75, 3.05) is 52.9 Å². The van der Waals surface area contributed by atoms with Crippen LogP contribution in [0.2, 0.25) is 0 Å².